The predicted molar refractivity (Wildman–Crippen MR) is 99.8 cm³/mol. The first kappa shape index (κ1) is 20.1. The van der Waals surface area contributed by atoms with Gasteiger partial charge in [0.15, 0.2) is 0 Å². The Morgan fingerprint density at radius 3 is 1.42 bits per heavy atom. The summed E-state index contributed by atoms with van der Waals surface area (Å²) in [5, 5.41) is 0.765. The van der Waals surface area contributed by atoms with Crippen molar-refractivity contribution in [3.05, 3.63) is 83.9 Å². The van der Waals surface area contributed by atoms with E-state index in [9.17, 15) is 13.2 Å². The lowest BCUT2D eigenvalue weighted by atomic mass is 9.95. The van der Waals surface area contributed by atoms with E-state index in [-0.39, 0.29) is 13.5 Å². The van der Waals surface area contributed by atoms with E-state index < -0.39 is 6.68 Å². The molecule has 0 aromatic heterocycles. The summed E-state index contributed by atoms with van der Waals surface area (Å²) in [7, 11) is 0. The molecule has 0 bridgehead atoms. The number of hydrogen-bond donors (Lipinski definition) is 0. The monoisotopic (exact) mass is 368 g/mol. The molecule has 0 atom stereocenters. The molecule has 3 rings (SSSR count). The third kappa shape index (κ3) is 5.95. The van der Waals surface area contributed by atoms with Crippen molar-refractivity contribution in [2.45, 2.75) is 6.68 Å². The van der Waals surface area contributed by atoms with Crippen LogP contribution in [0.3, 0.4) is 0 Å². The van der Waals surface area contributed by atoms with Crippen molar-refractivity contribution in [2.75, 3.05) is 0 Å². The maximum Gasteiger partial charge on any atom is 0.379 e. The Bertz CT molecular complexity index is 728. The van der Waals surface area contributed by atoms with Crippen LogP contribution >= 0.6 is 25.1 Å². The molecule has 126 valence electrons. The Morgan fingerprint density at radius 2 is 0.958 bits per heavy atom. The first-order chi connectivity index (χ1) is 11.1. The van der Waals surface area contributed by atoms with E-state index >= 15 is 0 Å². The summed E-state index contributed by atoms with van der Waals surface area (Å²) in [6.45, 7) is -3.67. The van der Waals surface area contributed by atoms with Crippen molar-refractivity contribution < 1.29 is 13.2 Å². The Balaban J connectivity index is 0.000000522. The van der Waals surface area contributed by atoms with Crippen LogP contribution in [-0.2, 0) is 0 Å². The summed E-state index contributed by atoms with van der Waals surface area (Å²) in [5.74, 6) is 0. The summed E-state index contributed by atoms with van der Waals surface area (Å²) in [5.41, 5.74) is 4.88. The predicted octanol–water partition coefficient (Wildman–Crippen LogP) is 6.97. The number of halogens is 4. The lowest BCUT2D eigenvalue weighted by Crippen LogP contribution is -1.84. The highest BCUT2D eigenvalue weighted by molar-refractivity contribution is 7.59. The molecule has 3 aromatic carbocycles. The topological polar surface area (TPSA) is 0 Å². The highest BCUT2D eigenvalue weighted by Crippen LogP contribution is 2.32. The molecule has 0 fully saturated rings. The third-order valence-electron chi connectivity index (χ3n) is 3.17. The molecule has 0 nitrogen and oxygen atoms in total. The van der Waals surface area contributed by atoms with E-state index in [1.165, 1.54) is 22.3 Å². The van der Waals surface area contributed by atoms with Gasteiger partial charge in [0.1, 0.15) is 0 Å². The zero-order chi connectivity index (χ0) is 16.7. The Labute approximate surface area is 151 Å². The van der Waals surface area contributed by atoms with Crippen LogP contribution in [0.5, 0.6) is 0 Å². The lowest BCUT2D eigenvalue weighted by Gasteiger charge is -2.10. The summed E-state index contributed by atoms with van der Waals surface area (Å²) in [6.07, 6.45) is 0. The molecular weight excluding hydrogens is 353 g/mol. The van der Waals surface area contributed by atoms with Crippen molar-refractivity contribution in [1.29, 1.82) is 0 Å². The van der Waals surface area contributed by atoms with Gasteiger partial charge in [-0.05, 0) is 34.4 Å². The Hall–Kier alpha value is -1.91. The fourth-order valence-corrected chi connectivity index (χ4v) is 2.36. The summed E-state index contributed by atoms with van der Waals surface area (Å²) < 4.78 is 29.0. The largest absolute Gasteiger partial charge is 0.379 e. The number of hydrogen-bond acceptors (Lipinski definition) is 0. The lowest BCUT2D eigenvalue weighted by molar-refractivity contribution is 0.00819. The van der Waals surface area contributed by atoms with E-state index in [1.54, 1.807) is 0 Å². The van der Waals surface area contributed by atoms with Gasteiger partial charge in [-0.1, -0.05) is 78.3 Å². The Kier molecular flexibility index (Phi) is 8.44. The van der Waals surface area contributed by atoms with E-state index in [1.807, 2.05) is 18.2 Å². The highest BCUT2D eigenvalue weighted by atomic mass is 35.5. The van der Waals surface area contributed by atoms with Gasteiger partial charge in [0, 0.05) is 5.02 Å². The molecule has 5 heteroatoms. The molecular formula is C19H16ClF3S. The maximum absolute atomic E-state index is 9.67. The van der Waals surface area contributed by atoms with Crippen LogP contribution in [0, 0.1) is 0 Å². The molecule has 0 heterocycles. The molecule has 0 radical (unpaired) electrons. The van der Waals surface area contributed by atoms with Crippen LogP contribution in [-0.4, -0.2) is 6.68 Å². The minimum Gasteiger partial charge on any atom is -0.197 e. The van der Waals surface area contributed by atoms with Crippen LogP contribution < -0.4 is 0 Å². The van der Waals surface area contributed by atoms with Gasteiger partial charge in [0.05, 0.1) is 0 Å². The second-order valence-corrected chi connectivity index (χ2v) is 5.10. The fourth-order valence-electron chi connectivity index (χ4n) is 2.23. The van der Waals surface area contributed by atoms with Gasteiger partial charge in [-0.25, -0.2) is 0 Å². The van der Waals surface area contributed by atoms with Crippen molar-refractivity contribution in [2.24, 2.45) is 0 Å². The van der Waals surface area contributed by atoms with Gasteiger partial charge in [-0.15, -0.1) is 0 Å². The SMILES string of the molecule is Clc1ccc(-c2ccccc2-c2ccccc2)cc1.FC(F)F.S. The van der Waals surface area contributed by atoms with Gasteiger partial charge in [-0.3, -0.25) is 0 Å². The fraction of sp³-hybridized carbons (Fsp3) is 0.0526. The maximum atomic E-state index is 9.67. The molecule has 0 amide bonds. The van der Waals surface area contributed by atoms with Gasteiger partial charge >= 0.3 is 6.68 Å². The first-order valence-electron chi connectivity index (χ1n) is 6.90. The second kappa shape index (κ2) is 10.1. The Morgan fingerprint density at radius 1 is 0.583 bits per heavy atom. The van der Waals surface area contributed by atoms with Crippen molar-refractivity contribution in [3.63, 3.8) is 0 Å². The van der Waals surface area contributed by atoms with Gasteiger partial charge in [-0.2, -0.15) is 26.7 Å². The zero-order valence-electron chi connectivity index (χ0n) is 12.6. The number of benzene rings is 3. The normalized spacial score (nSPS) is 9.71. The van der Waals surface area contributed by atoms with E-state index in [2.05, 4.69) is 60.7 Å². The van der Waals surface area contributed by atoms with Crippen molar-refractivity contribution in [1.82, 2.24) is 0 Å². The highest BCUT2D eigenvalue weighted by Gasteiger charge is 2.06. The van der Waals surface area contributed by atoms with Gasteiger partial charge in [0.2, 0.25) is 0 Å². The van der Waals surface area contributed by atoms with Crippen LogP contribution in [0.15, 0.2) is 78.9 Å². The molecule has 0 saturated carbocycles. The van der Waals surface area contributed by atoms with E-state index in [4.69, 9.17) is 11.6 Å². The first-order valence-corrected chi connectivity index (χ1v) is 7.28. The molecule has 0 aliphatic heterocycles. The average molecular weight is 369 g/mol. The quantitative estimate of drug-likeness (QED) is 0.458. The average Bonchev–Trinajstić information content (AvgIpc) is 2.56. The van der Waals surface area contributed by atoms with E-state index in [0.717, 1.165) is 5.02 Å². The minimum absolute atomic E-state index is 0. The smallest absolute Gasteiger partial charge is 0.197 e. The van der Waals surface area contributed by atoms with Crippen molar-refractivity contribution >= 4 is 25.1 Å². The summed E-state index contributed by atoms with van der Waals surface area (Å²) in [6, 6.07) is 26.8. The zero-order valence-corrected chi connectivity index (χ0v) is 14.4. The summed E-state index contributed by atoms with van der Waals surface area (Å²) >= 11 is 5.96. The third-order valence-corrected chi connectivity index (χ3v) is 3.42. The van der Waals surface area contributed by atoms with Crippen molar-refractivity contribution in [3.8, 4) is 22.3 Å². The summed E-state index contributed by atoms with van der Waals surface area (Å²) in [4.78, 5) is 0. The molecule has 3 aromatic rings. The van der Waals surface area contributed by atoms with Gasteiger partial charge in [0.25, 0.3) is 0 Å². The van der Waals surface area contributed by atoms with Crippen LogP contribution in [0.1, 0.15) is 0 Å². The standard InChI is InChI=1S/C18H13Cl.CHF3.H2S/c19-16-12-10-15(11-13-16)18-9-5-4-8-17(18)14-6-2-1-3-7-14;2-1(3)4;/h1-13H;1H;1H2. The molecule has 0 unspecified atom stereocenters. The number of alkyl halides is 3. The molecule has 0 aliphatic carbocycles. The molecule has 0 spiro atoms. The van der Waals surface area contributed by atoms with Crippen LogP contribution in [0.2, 0.25) is 5.02 Å². The van der Waals surface area contributed by atoms with Crippen LogP contribution in [0.4, 0.5) is 13.2 Å². The van der Waals surface area contributed by atoms with Crippen LogP contribution in [0.25, 0.3) is 22.3 Å². The molecule has 0 saturated heterocycles. The minimum atomic E-state index is -3.67. The van der Waals surface area contributed by atoms with Gasteiger partial charge < -0.3 is 0 Å². The molecule has 0 aliphatic rings. The molecule has 24 heavy (non-hydrogen) atoms. The molecule has 0 N–H and O–H groups in total. The van der Waals surface area contributed by atoms with E-state index in [0.29, 0.717) is 0 Å². The number of rotatable bonds is 2. The second-order valence-electron chi connectivity index (χ2n) is 4.67.